The summed E-state index contributed by atoms with van der Waals surface area (Å²) in [6.07, 6.45) is 1.51. The summed E-state index contributed by atoms with van der Waals surface area (Å²) in [5, 5.41) is 0. The van der Waals surface area contributed by atoms with Gasteiger partial charge in [0.2, 0.25) is 0 Å². The molecule has 2 rings (SSSR count). The van der Waals surface area contributed by atoms with Gasteiger partial charge in [0.05, 0.1) is 5.56 Å². The van der Waals surface area contributed by atoms with E-state index in [4.69, 9.17) is 5.73 Å². The first-order valence-electron chi connectivity index (χ1n) is 6.81. The van der Waals surface area contributed by atoms with Crippen molar-refractivity contribution in [1.29, 1.82) is 0 Å². The fourth-order valence-electron chi connectivity index (χ4n) is 3.00. The monoisotopic (exact) mass is 271 g/mol. The molecule has 1 aliphatic carbocycles. The van der Waals surface area contributed by atoms with Crippen molar-refractivity contribution < 1.29 is 13.2 Å². The van der Waals surface area contributed by atoms with Crippen molar-refractivity contribution >= 4 is 0 Å². The van der Waals surface area contributed by atoms with Crippen molar-refractivity contribution in [3.05, 3.63) is 34.9 Å². The minimum atomic E-state index is -4.28. The maximum Gasteiger partial charge on any atom is 0.416 e. The van der Waals surface area contributed by atoms with Crippen LogP contribution in [0, 0.1) is 12.8 Å². The van der Waals surface area contributed by atoms with Crippen LogP contribution in [-0.2, 0) is 6.18 Å². The van der Waals surface area contributed by atoms with Crippen LogP contribution in [-0.4, -0.2) is 0 Å². The van der Waals surface area contributed by atoms with Crippen LogP contribution in [0.2, 0.25) is 0 Å². The Labute approximate surface area is 112 Å². The van der Waals surface area contributed by atoms with Crippen molar-refractivity contribution in [2.24, 2.45) is 11.7 Å². The summed E-state index contributed by atoms with van der Waals surface area (Å²) in [6, 6.07) is 3.73. The Morgan fingerprint density at radius 1 is 1.26 bits per heavy atom. The maximum absolute atomic E-state index is 12.6. The maximum atomic E-state index is 12.6. The molecule has 1 nitrogen and oxygen atoms in total. The Balaban J connectivity index is 2.11. The molecule has 1 aromatic rings. The topological polar surface area (TPSA) is 26.0 Å². The lowest BCUT2D eigenvalue weighted by molar-refractivity contribution is -0.137. The molecule has 1 saturated carbocycles. The van der Waals surface area contributed by atoms with E-state index in [0.717, 1.165) is 18.1 Å². The summed E-state index contributed by atoms with van der Waals surface area (Å²) in [6.45, 7) is 1.71. The molecular weight excluding hydrogens is 251 g/mol. The summed E-state index contributed by atoms with van der Waals surface area (Å²) >= 11 is 0. The van der Waals surface area contributed by atoms with Crippen molar-refractivity contribution in [2.75, 3.05) is 0 Å². The van der Waals surface area contributed by atoms with Gasteiger partial charge >= 0.3 is 6.18 Å². The minimum absolute atomic E-state index is 0.148. The number of halogens is 3. The Morgan fingerprint density at radius 3 is 2.42 bits per heavy atom. The predicted molar refractivity (Wildman–Crippen MR) is 69.7 cm³/mol. The molecule has 19 heavy (non-hydrogen) atoms. The lowest BCUT2D eigenvalue weighted by Crippen LogP contribution is -2.16. The van der Waals surface area contributed by atoms with Crippen molar-refractivity contribution in [1.82, 2.24) is 0 Å². The molecule has 1 aromatic carbocycles. The van der Waals surface area contributed by atoms with Crippen molar-refractivity contribution in [2.45, 2.75) is 51.2 Å². The number of rotatable bonds is 3. The number of nitrogens with two attached hydrogens (primary N) is 1. The Bertz CT molecular complexity index is 434. The van der Waals surface area contributed by atoms with E-state index in [0.29, 0.717) is 11.5 Å². The summed E-state index contributed by atoms with van der Waals surface area (Å²) in [5.41, 5.74) is 7.04. The highest BCUT2D eigenvalue weighted by Gasteiger charge is 2.31. The average Bonchev–Trinajstić information content (AvgIpc) is 2.80. The van der Waals surface area contributed by atoms with Crippen LogP contribution in [0.1, 0.15) is 54.8 Å². The standard InChI is InChI=1S/C15H20F3N/c1-10-8-12(15(16,17)18)6-7-13(10)14(19)9-11-4-2-3-5-11/h6-8,11,14H,2-5,9,19H2,1H3. The van der Waals surface area contributed by atoms with E-state index in [2.05, 4.69) is 0 Å². The molecule has 0 amide bonds. The summed E-state index contributed by atoms with van der Waals surface area (Å²) < 4.78 is 37.8. The van der Waals surface area contributed by atoms with Gasteiger partial charge in [-0.05, 0) is 42.5 Å². The Kier molecular flexibility index (Phi) is 4.19. The smallest absolute Gasteiger partial charge is 0.324 e. The molecule has 0 spiro atoms. The van der Waals surface area contributed by atoms with E-state index in [-0.39, 0.29) is 6.04 Å². The van der Waals surface area contributed by atoms with Crippen LogP contribution < -0.4 is 5.73 Å². The van der Waals surface area contributed by atoms with Gasteiger partial charge in [-0.25, -0.2) is 0 Å². The zero-order valence-corrected chi connectivity index (χ0v) is 11.1. The van der Waals surface area contributed by atoms with E-state index in [1.165, 1.54) is 37.8 Å². The molecule has 1 aliphatic rings. The normalized spacial score (nSPS) is 18.8. The number of aryl methyl sites for hydroxylation is 1. The SMILES string of the molecule is Cc1cc(C(F)(F)F)ccc1C(N)CC1CCCC1. The van der Waals surface area contributed by atoms with Crippen LogP contribution in [0.3, 0.4) is 0 Å². The summed E-state index contributed by atoms with van der Waals surface area (Å²) in [7, 11) is 0. The van der Waals surface area contributed by atoms with Gasteiger partial charge in [-0.15, -0.1) is 0 Å². The van der Waals surface area contributed by atoms with Crippen molar-refractivity contribution in [3.8, 4) is 0 Å². The van der Waals surface area contributed by atoms with Crippen LogP contribution >= 0.6 is 0 Å². The number of benzene rings is 1. The number of hydrogen-bond donors (Lipinski definition) is 1. The van der Waals surface area contributed by atoms with Crippen LogP contribution in [0.4, 0.5) is 13.2 Å². The molecule has 4 heteroatoms. The lowest BCUT2D eigenvalue weighted by atomic mass is 9.91. The van der Waals surface area contributed by atoms with Crippen LogP contribution in [0.5, 0.6) is 0 Å². The molecule has 0 radical (unpaired) electrons. The van der Waals surface area contributed by atoms with E-state index in [1.807, 2.05) is 0 Å². The first kappa shape index (κ1) is 14.4. The number of alkyl halides is 3. The molecule has 0 aliphatic heterocycles. The van der Waals surface area contributed by atoms with E-state index < -0.39 is 11.7 Å². The van der Waals surface area contributed by atoms with E-state index in [1.54, 1.807) is 6.92 Å². The molecule has 1 unspecified atom stereocenters. The largest absolute Gasteiger partial charge is 0.416 e. The van der Waals surface area contributed by atoms with Gasteiger partial charge in [0.25, 0.3) is 0 Å². The molecule has 1 atom stereocenters. The number of hydrogen-bond acceptors (Lipinski definition) is 1. The average molecular weight is 271 g/mol. The molecular formula is C15H20F3N. The predicted octanol–water partition coefficient (Wildman–Crippen LogP) is 4.59. The fourth-order valence-corrected chi connectivity index (χ4v) is 3.00. The van der Waals surface area contributed by atoms with E-state index in [9.17, 15) is 13.2 Å². The zero-order valence-electron chi connectivity index (χ0n) is 11.1. The molecule has 0 heterocycles. The molecule has 2 N–H and O–H groups in total. The highest BCUT2D eigenvalue weighted by Crippen LogP contribution is 2.35. The highest BCUT2D eigenvalue weighted by atomic mass is 19.4. The third-order valence-corrected chi connectivity index (χ3v) is 4.06. The first-order valence-corrected chi connectivity index (χ1v) is 6.81. The van der Waals surface area contributed by atoms with E-state index >= 15 is 0 Å². The van der Waals surface area contributed by atoms with Gasteiger partial charge in [0.15, 0.2) is 0 Å². The van der Waals surface area contributed by atoms with Crippen LogP contribution in [0.25, 0.3) is 0 Å². The first-order chi connectivity index (χ1) is 8.88. The van der Waals surface area contributed by atoms with Gasteiger partial charge in [0.1, 0.15) is 0 Å². The van der Waals surface area contributed by atoms with Gasteiger partial charge in [-0.3, -0.25) is 0 Å². The van der Waals surface area contributed by atoms with Gasteiger partial charge in [-0.2, -0.15) is 13.2 Å². The minimum Gasteiger partial charge on any atom is -0.324 e. The van der Waals surface area contributed by atoms with Gasteiger partial charge in [-0.1, -0.05) is 31.7 Å². The Hall–Kier alpha value is -1.03. The molecule has 0 aromatic heterocycles. The second-order valence-electron chi connectivity index (χ2n) is 5.56. The quantitative estimate of drug-likeness (QED) is 0.854. The molecule has 0 bridgehead atoms. The highest BCUT2D eigenvalue weighted by molar-refractivity contribution is 5.34. The Morgan fingerprint density at radius 2 is 1.89 bits per heavy atom. The van der Waals surface area contributed by atoms with Gasteiger partial charge in [0, 0.05) is 6.04 Å². The second-order valence-corrected chi connectivity index (χ2v) is 5.56. The molecule has 106 valence electrons. The zero-order chi connectivity index (χ0) is 14.0. The third-order valence-electron chi connectivity index (χ3n) is 4.06. The van der Waals surface area contributed by atoms with Crippen molar-refractivity contribution in [3.63, 3.8) is 0 Å². The lowest BCUT2D eigenvalue weighted by Gasteiger charge is -2.19. The molecule has 0 saturated heterocycles. The third kappa shape index (κ3) is 3.50. The van der Waals surface area contributed by atoms with Gasteiger partial charge < -0.3 is 5.73 Å². The fraction of sp³-hybridized carbons (Fsp3) is 0.600. The summed E-state index contributed by atoms with van der Waals surface area (Å²) in [4.78, 5) is 0. The second kappa shape index (κ2) is 5.53. The molecule has 1 fully saturated rings. The van der Waals surface area contributed by atoms with Crippen LogP contribution in [0.15, 0.2) is 18.2 Å². The summed E-state index contributed by atoms with van der Waals surface area (Å²) in [5.74, 6) is 0.636.